The van der Waals surface area contributed by atoms with Gasteiger partial charge in [0.15, 0.2) is 0 Å². The molecule has 0 saturated heterocycles. The third-order valence-corrected chi connectivity index (χ3v) is 3.26. The highest BCUT2D eigenvalue weighted by atomic mass is 35.5. The van der Waals surface area contributed by atoms with Gasteiger partial charge in [-0.15, -0.1) is 0 Å². The summed E-state index contributed by atoms with van der Waals surface area (Å²) in [5.41, 5.74) is 2.09. The first-order valence-electron chi connectivity index (χ1n) is 6.17. The second-order valence-electron chi connectivity index (χ2n) is 4.50. The minimum Gasteiger partial charge on any atom is -0.489 e. The number of halogens is 1. The average Bonchev–Trinajstić information content (AvgIpc) is 2.31. The van der Waals surface area contributed by atoms with Gasteiger partial charge < -0.3 is 14.8 Å². The van der Waals surface area contributed by atoms with E-state index in [1.165, 1.54) is 0 Å². The van der Waals surface area contributed by atoms with E-state index in [1.807, 2.05) is 32.9 Å². The molecule has 4 heteroatoms. The Bertz CT molecular complexity index is 359. The molecule has 1 rings (SSSR count). The summed E-state index contributed by atoms with van der Waals surface area (Å²) in [6.45, 7) is 8.37. The molecule has 0 aromatic heterocycles. The van der Waals surface area contributed by atoms with Crippen molar-refractivity contribution in [3.63, 3.8) is 0 Å². The third-order valence-electron chi connectivity index (χ3n) is 2.66. The Morgan fingerprint density at radius 1 is 1.28 bits per heavy atom. The van der Waals surface area contributed by atoms with E-state index in [2.05, 4.69) is 5.32 Å². The van der Waals surface area contributed by atoms with Crippen LogP contribution in [0.15, 0.2) is 12.1 Å². The first-order chi connectivity index (χ1) is 8.54. The minimum atomic E-state index is 0.113. The van der Waals surface area contributed by atoms with Gasteiger partial charge in [-0.25, -0.2) is 0 Å². The molecule has 102 valence electrons. The number of ether oxygens (including phenoxy) is 2. The van der Waals surface area contributed by atoms with Crippen LogP contribution in [0.4, 0.5) is 0 Å². The van der Waals surface area contributed by atoms with Gasteiger partial charge in [-0.3, -0.25) is 0 Å². The summed E-state index contributed by atoms with van der Waals surface area (Å²) in [5, 5.41) is 4.08. The van der Waals surface area contributed by atoms with Gasteiger partial charge in [0.1, 0.15) is 11.9 Å². The molecule has 18 heavy (non-hydrogen) atoms. The van der Waals surface area contributed by atoms with Gasteiger partial charge in [0.2, 0.25) is 0 Å². The van der Waals surface area contributed by atoms with Gasteiger partial charge in [0.25, 0.3) is 0 Å². The van der Waals surface area contributed by atoms with Crippen molar-refractivity contribution < 1.29 is 9.47 Å². The number of benzene rings is 1. The predicted octanol–water partition coefficient (Wildman–Crippen LogP) is 2.96. The summed E-state index contributed by atoms with van der Waals surface area (Å²) in [4.78, 5) is 0. The summed E-state index contributed by atoms with van der Waals surface area (Å²) < 4.78 is 10.8. The van der Waals surface area contributed by atoms with Crippen molar-refractivity contribution >= 4 is 11.6 Å². The largest absolute Gasteiger partial charge is 0.489 e. The van der Waals surface area contributed by atoms with Crippen LogP contribution < -0.4 is 10.1 Å². The third kappa shape index (κ3) is 4.84. The Labute approximate surface area is 114 Å². The summed E-state index contributed by atoms with van der Waals surface area (Å²) >= 11 is 6.12. The van der Waals surface area contributed by atoms with Crippen LogP contribution >= 0.6 is 11.6 Å². The maximum Gasteiger partial charge on any atom is 0.120 e. The predicted molar refractivity (Wildman–Crippen MR) is 75.8 cm³/mol. The molecule has 0 bridgehead atoms. The fourth-order valence-electron chi connectivity index (χ4n) is 1.73. The molecule has 0 heterocycles. The maximum atomic E-state index is 6.12. The van der Waals surface area contributed by atoms with Crippen LogP contribution in [0.3, 0.4) is 0 Å². The summed E-state index contributed by atoms with van der Waals surface area (Å²) in [7, 11) is 1.70. The average molecular weight is 272 g/mol. The molecule has 1 N–H and O–H groups in total. The Kier molecular flexibility index (Phi) is 6.47. The lowest BCUT2D eigenvalue weighted by Gasteiger charge is -2.17. The smallest absolute Gasteiger partial charge is 0.120 e. The van der Waals surface area contributed by atoms with Crippen LogP contribution in [-0.2, 0) is 4.74 Å². The van der Waals surface area contributed by atoms with E-state index in [0.29, 0.717) is 6.61 Å². The topological polar surface area (TPSA) is 30.5 Å². The molecule has 0 saturated carbocycles. The van der Waals surface area contributed by atoms with Crippen molar-refractivity contribution in [3.8, 4) is 5.75 Å². The number of methoxy groups -OCH3 is 1. The molecular weight excluding hydrogens is 250 g/mol. The van der Waals surface area contributed by atoms with Crippen molar-refractivity contribution in [2.45, 2.75) is 26.9 Å². The quantitative estimate of drug-likeness (QED) is 0.774. The maximum absolute atomic E-state index is 6.12. The number of nitrogens with one attached hydrogen (secondary N) is 1. The summed E-state index contributed by atoms with van der Waals surface area (Å²) in [6, 6.07) is 3.95. The van der Waals surface area contributed by atoms with E-state index in [-0.39, 0.29) is 6.10 Å². The van der Waals surface area contributed by atoms with Crippen molar-refractivity contribution in [3.05, 3.63) is 28.3 Å². The van der Waals surface area contributed by atoms with Crippen LogP contribution in [0.25, 0.3) is 0 Å². The highest BCUT2D eigenvalue weighted by Gasteiger charge is 2.07. The minimum absolute atomic E-state index is 0.113. The molecule has 1 aromatic carbocycles. The van der Waals surface area contributed by atoms with Gasteiger partial charge in [0.05, 0.1) is 6.61 Å². The van der Waals surface area contributed by atoms with Gasteiger partial charge >= 0.3 is 0 Å². The molecule has 1 unspecified atom stereocenters. The fourth-order valence-corrected chi connectivity index (χ4v) is 1.84. The van der Waals surface area contributed by atoms with E-state index in [1.54, 1.807) is 7.11 Å². The van der Waals surface area contributed by atoms with Crippen molar-refractivity contribution in [1.82, 2.24) is 5.32 Å². The molecule has 0 amide bonds. The molecule has 0 aliphatic heterocycles. The fraction of sp³-hybridized carbons (Fsp3) is 0.571. The number of hydrogen-bond acceptors (Lipinski definition) is 3. The Balaban J connectivity index is 2.46. The summed E-state index contributed by atoms with van der Waals surface area (Å²) in [6.07, 6.45) is 0.113. The van der Waals surface area contributed by atoms with Crippen LogP contribution in [0, 0.1) is 13.8 Å². The lowest BCUT2D eigenvalue weighted by Crippen LogP contribution is -2.31. The van der Waals surface area contributed by atoms with E-state index < -0.39 is 0 Å². The SMILES string of the molecule is COCCNCC(C)Oc1cc(C)c(Cl)c(C)c1. The molecule has 0 radical (unpaired) electrons. The van der Waals surface area contributed by atoms with Crippen molar-refractivity contribution in [2.75, 3.05) is 26.8 Å². The van der Waals surface area contributed by atoms with Gasteiger partial charge in [0, 0.05) is 25.2 Å². The molecule has 0 spiro atoms. The first-order valence-corrected chi connectivity index (χ1v) is 6.55. The standard InChI is InChI=1S/C14H22ClNO2/c1-10-7-13(8-11(2)14(10)15)18-12(3)9-16-5-6-17-4/h7-8,12,16H,5-6,9H2,1-4H3. The Hall–Kier alpha value is -0.770. The number of aryl methyl sites for hydroxylation is 2. The number of hydrogen-bond donors (Lipinski definition) is 1. The second kappa shape index (κ2) is 7.62. The second-order valence-corrected chi connectivity index (χ2v) is 4.87. The zero-order valence-corrected chi connectivity index (χ0v) is 12.3. The molecule has 1 aromatic rings. The monoisotopic (exact) mass is 271 g/mol. The normalized spacial score (nSPS) is 12.5. The Morgan fingerprint density at radius 3 is 2.44 bits per heavy atom. The van der Waals surface area contributed by atoms with E-state index in [4.69, 9.17) is 21.1 Å². The lowest BCUT2D eigenvalue weighted by atomic mass is 10.1. The molecular formula is C14H22ClNO2. The molecule has 0 fully saturated rings. The van der Waals surface area contributed by atoms with E-state index in [0.717, 1.165) is 35.0 Å². The Morgan fingerprint density at radius 2 is 1.89 bits per heavy atom. The number of rotatable bonds is 7. The van der Waals surface area contributed by atoms with Gasteiger partial charge in [-0.1, -0.05) is 11.6 Å². The lowest BCUT2D eigenvalue weighted by molar-refractivity contribution is 0.184. The molecule has 0 aliphatic carbocycles. The zero-order valence-electron chi connectivity index (χ0n) is 11.5. The van der Waals surface area contributed by atoms with Gasteiger partial charge in [-0.2, -0.15) is 0 Å². The highest BCUT2D eigenvalue weighted by molar-refractivity contribution is 6.32. The molecule has 1 atom stereocenters. The molecule has 0 aliphatic rings. The highest BCUT2D eigenvalue weighted by Crippen LogP contribution is 2.26. The van der Waals surface area contributed by atoms with Gasteiger partial charge in [-0.05, 0) is 44.0 Å². The van der Waals surface area contributed by atoms with Crippen molar-refractivity contribution in [2.24, 2.45) is 0 Å². The van der Waals surface area contributed by atoms with E-state index in [9.17, 15) is 0 Å². The van der Waals surface area contributed by atoms with Crippen LogP contribution in [0.5, 0.6) is 5.75 Å². The zero-order chi connectivity index (χ0) is 13.5. The van der Waals surface area contributed by atoms with Crippen molar-refractivity contribution in [1.29, 1.82) is 0 Å². The molecule has 3 nitrogen and oxygen atoms in total. The first kappa shape index (κ1) is 15.3. The van der Waals surface area contributed by atoms with E-state index >= 15 is 0 Å². The van der Waals surface area contributed by atoms with Crippen LogP contribution in [0.2, 0.25) is 5.02 Å². The van der Waals surface area contributed by atoms with Crippen LogP contribution in [-0.4, -0.2) is 32.9 Å². The summed E-state index contributed by atoms with van der Waals surface area (Å²) in [5.74, 6) is 0.871. The van der Waals surface area contributed by atoms with Crippen LogP contribution in [0.1, 0.15) is 18.1 Å².